The van der Waals surface area contributed by atoms with Crippen LogP contribution in [0.3, 0.4) is 0 Å². The van der Waals surface area contributed by atoms with Gasteiger partial charge in [-0.1, -0.05) is 19.1 Å². The third kappa shape index (κ3) is 4.92. The molecule has 0 aliphatic carbocycles. The molecular weight excluding hydrogens is 388 g/mol. The minimum absolute atomic E-state index is 0.115. The number of carbonyl (C=O) groups excluding carboxylic acids is 2. The maximum Gasteiger partial charge on any atom is 0.339 e. The summed E-state index contributed by atoms with van der Waals surface area (Å²) >= 11 is 0. The average molecular weight is 406 g/mol. The highest BCUT2D eigenvalue weighted by Gasteiger charge is 2.22. The number of nitrogens with one attached hydrogen (secondary N) is 1. The molecule has 0 bridgehead atoms. The van der Waals surface area contributed by atoms with Gasteiger partial charge in [-0.25, -0.2) is 13.2 Å². The minimum atomic E-state index is -3.63. The number of esters is 1. The molecule has 148 valence electrons. The van der Waals surface area contributed by atoms with Crippen LogP contribution in [-0.2, 0) is 19.4 Å². The van der Waals surface area contributed by atoms with Gasteiger partial charge in [-0.2, -0.15) is 0 Å². The Kier molecular flexibility index (Phi) is 6.47. The fourth-order valence-corrected chi connectivity index (χ4v) is 3.44. The van der Waals surface area contributed by atoms with Crippen LogP contribution in [0, 0.1) is 17.0 Å². The SMILES string of the molecule is CCS(=O)(=O)c1ccccc1C(=O)OCC(=O)Nc1ccc([N+](=O)[O-])cc1C. The smallest absolute Gasteiger partial charge is 0.339 e. The number of non-ortho nitro benzene ring substituents is 1. The van der Waals surface area contributed by atoms with E-state index in [1.807, 2.05) is 0 Å². The number of hydrogen-bond acceptors (Lipinski definition) is 7. The lowest BCUT2D eigenvalue weighted by Crippen LogP contribution is -2.22. The van der Waals surface area contributed by atoms with Crippen molar-refractivity contribution in [1.29, 1.82) is 0 Å². The lowest BCUT2D eigenvalue weighted by molar-refractivity contribution is -0.384. The van der Waals surface area contributed by atoms with Crippen LogP contribution in [0.5, 0.6) is 0 Å². The molecule has 2 aromatic carbocycles. The molecule has 1 amide bonds. The second-order valence-corrected chi connectivity index (χ2v) is 8.03. The number of nitro groups is 1. The maximum atomic E-state index is 12.2. The van der Waals surface area contributed by atoms with Crippen molar-refractivity contribution in [1.82, 2.24) is 0 Å². The summed E-state index contributed by atoms with van der Waals surface area (Å²) in [5.41, 5.74) is 0.535. The molecule has 0 saturated carbocycles. The van der Waals surface area contributed by atoms with Gasteiger partial charge in [0.1, 0.15) is 0 Å². The van der Waals surface area contributed by atoms with E-state index < -0.39 is 33.2 Å². The standard InChI is InChI=1S/C18H18N2O7S/c1-3-28(25,26)16-7-5-4-6-14(16)18(22)27-11-17(21)19-15-9-8-13(20(23)24)10-12(15)2/h4-10H,3,11H2,1-2H3,(H,19,21). The van der Waals surface area contributed by atoms with Crippen LogP contribution in [-0.4, -0.2) is 37.6 Å². The number of anilines is 1. The Morgan fingerprint density at radius 1 is 1.18 bits per heavy atom. The topological polar surface area (TPSA) is 133 Å². The van der Waals surface area contributed by atoms with Gasteiger partial charge in [-0.15, -0.1) is 0 Å². The summed E-state index contributed by atoms with van der Waals surface area (Å²) in [6.45, 7) is 2.40. The van der Waals surface area contributed by atoms with E-state index in [4.69, 9.17) is 4.74 Å². The summed E-state index contributed by atoms with van der Waals surface area (Å²) in [6.07, 6.45) is 0. The van der Waals surface area contributed by atoms with E-state index in [-0.39, 0.29) is 21.9 Å². The number of amides is 1. The van der Waals surface area contributed by atoms with Crippen LogP contribution in [0.2, 0.25) is 0 Å². The number of hydrogen-bond donors (Lipinski definition) is 1. The van der Waals surface area contributed by atoms with Gasteiger partial charge in [0.25, 0.3) is 11.6 Å². The van der Waals surface area contributed by atoms with Gasteiger partial charge in [0.05, 0.1) is 21.1 Å². The van der Waals surface area contributed by atoms with E-state index in [2.05, 4.69) is 5.32 Å². The lowest BCUT2D eigenvalue weighted by atomic mass is 10.2. The van der Waals surface area contributed by atoms with Crippen LogP contribution >= 0.6 is 0 Å². The maximum absolute atomic E-state index is 12.2. The Bertz CT molecular complexity index is 1030. The van der Waals surface area contributed by atoms with Crippen LogP contribution < -0.4 is 5.32 Å². The molecule has 0 spiro atoms. The van der Waals surface area contributed by atoms with Crippen molar-refractivity contribution in [3.05, 3.63) is 63.7 Å². The third-order valence-corrected chi connectivity index (χ3v) is 5.64. The van der Waals surface area contributed by atoms with Gasteiger partial charge in [-0.3, -0.25) is 14.9 Å². The van der Waals surface area contributed by atoms with Gasteiger partial charge in [0, 0.05) is 17.8 Å². The average Bonchev–Trinajstić information content (AvgIpc) is 2.67. The first kappa shape index (κ1) is 21.0. The summed E-state index contributed by atoms with van der Waals surface area (Å²) in [6, 6.07) is 9.50. The molecule has 2 rings (SSSR count). The van der Waals surface area contributed by atoms with Crippen LogP contribution in [0.25, 0.3) is 0 Å². The summed E-state index contributed by atoms with van der Waals surface area (Å²) in [5, 5.41) is 13.2. The van der Waals surface area contributed by atoms with Crippen LogP contribution in [0.1, 0.15) is 22.8 Å². The molecule has 28 heavy (non-hydrogen) atoms. The van der Waals surface area contributed by atoms with Gasteiger partial charge in [0.2, 0.25) is 0 Å². The van der Waals surface area contributed by atoms with Crippen molar-refractivity contribution in [3.8, 4) is 0 Å². The normalized spacial score (nSPS) is 10.9. The predicted octanol–water partition coefficient (Wildman–Crippen LogP) is 2.49. The van der Waals surface area contributed by atoms with Crippen molar-refractivity contribution in [3.63, 3.8) is 0 Å². The Morgan fingerprint density at radius 2 is 1.86 bits per heavy atom. The molecule has 1 N–H and O–H groups in total. The Balaban J connectivity index is 2.06. The molecule has 0 fully saturated rings. The zero-order valence-corrected chi connectivity index (χ0v) is 16.0. The third-order valence-electron chi connectivity index (χ3n) is 3.85. The molecule has 9 nitrogen and oxygen atoms in total. The molecule has 0 radical (unpaired) electrons. The molecule has 0 aliphatic heterocycles. The van der Waals surface area contributed by atoms with Crippen molar-refractivity contribution in [2.24, 2.45) is 0 Å². The quantitative estimate of drug-likeness (QED) is 0.424. The van der Waals surface area contributed by atoms with Gasteiger partial charge < -0.3 is 10.1 Å². The highest BCUT2D eigenvalue weighted by molar-refractivity contribution is 7.91. The van der Waals surface area contributed by atoms with E-state index in [0.29, 0.717) is 11.3 Å². The molecule has 0 unspecified atom stereocenters. The minimum Gasteiger partial charge on any atom is -0.452 e. The molecule has 0 heterocycles. The number of nitro benzene ring substituents is 1. The molecule has 0 saturated heterocycles. The predicted molar refractivity (Wildman–Crippen MR) is 101 cm³/mol. The Labute approximate surface area is 161 Å². The molecule has 2 aromatic rings. The number of ether oxygens (including phenoxy) is 1. The fraction of sp³-hybridized carbons (Fsp3) is 0.222. The first-order chi connectivity index (χ1) is 13.2. The van der Waals surface area contributed by atoms with E-state index in [1.165, 1.54) is 49.4 Å². The Hall–Kier alpha value is -3.27. The van der Waals surface area contributed by atoms with E-state index >= 15 is 0 Å². The van der Waals surface area contributed by atoms with Crippen molar-refractivity contribution in [2.75, 3.05) is 17.7 Å². The van der Waals surface area contributed by atoms with E-state index in [0.717, 1.165) is 0 Å². The highest BCUT2D eigenvalue weighted by atomic mass is 32.2. The first-order valence-corrected chi connectivity index (χ1v) is 9.84. The second kappa shape index (κ2) is 8.61. The zero-order chi connectivity index (χ0) is 20.9. The number of aryl methyl sites for hydroxylation is 1. The molecule has 0 aromatic heterocycles. The summed E-state index contributed by atoms with van der Waals surface area (Å²) in [5.74, 6) is -1.79. The second-order valence-electron chi connectivity index (χ2n) is 5.78. The van der Waals surface area contributed by atoms with Crippen molar-refractivity contribution >= 4 is 33.1 Å². The lowest BCUT2D eigenvalue weighted by Gasteiger charge is -2.11. The monoisotopic (exact) mass is 406 g/mol. The van der Waals surface area contributed by atoms with Gasteiger partial charge in [0.15, 0.2) is 16.4 Å². The Morgan fingerprint density at radius 3 is 2.46 bits per heavy atom. The molecule has 10 heteroatoms. The van der Waals surface area contributed by atoms with E-state index in [9.17, 15) is 28.1 Å². The number of nitrogens with zero attached hydrogens (tertiary/aromatic N) is 1. The van der Waals surface area contributed by atoms with Crippen LogP contribution in [0.15, 0.2) is 47.4 Å². The number of sulfone groups is 1. The van der Waals surface area contributed by atoms with Crippen molar-refractivity contribution < 1.29 is 27.7 Å². The van der Waals surface area contributed by atoms with Crippen LogP contribution in [0.4, 0.5) is 11.4 Å². The zero-order valence-electron chi connectivity index (χ0n) is 15.2. The van der Waals surface area contributed by atoms with Gasteiger partial charge in [-0.05, 0) is 30.7 Å². The fourth-order valence-electron chi connectivity index (χ4n) is 2.36. The molecule has 0 aliphatic rings. The van der Waals surface area contributed by atoms with Crippen molar-refractivity contribution in [2.45, 2.75) is 18.7 Å². The number of carbonyl (C=O) groups is 2. The van der Waals surface area contributed by atoms with Gasteiger partial charge >= 0.3 is 5.97 Å². The highest BCUT2D eigenvalue weighted by Crippen LogP contribution is 2.21. The molecule has 0 atom stereocenters. The number of rotatable bonds is 7. The largest absolute Gasteiger partial charge is 0.452 e. The summed E-state index contributed by atoms with van der Waals surface area (Å²) < 4.78 is 29.1. The summed E-state index contributed by atoms with van der Waals surface area (Å²) in [7, 11) is -3.63. The number of benzene rings is 2. The first-order valence-electron chi connectivity index (χ1n) is 8.19. The summed E-state index contributed by atoms with van der Waals surface area (Å²) in [4.78, 5) is 34.3. The molecular formula is C18H18N2O7S. The van der Waals surface area contributed by atoms with E-state index in [1.54, 1.807) is 6.92 Å².